The third-order valence-corrected chi connectivity index (χ3v) is 6.75. The van der Waals surface area contributed by atoms with Gasteiger partial charge >= 0.3 is 12.3 Å². The van der Waals surface area contributed by atoms with Gasteiger partial charge in [-0.25, -0.2) is 4.79 Å². The number of hydrogen-bond donors (Lipinski definition) is 2. The molecular weight excluding hydrogens is 539 g/mol. The Bertz CT molecular complexity index is 1330. The van der Waals surface area contributed by atoms with Gasteiger partial charge in [0.15, 0.2) is 0 Å². The Balaban J connectivity index is 1.30. The number of nitrogens with one attached hydrogen (secondary N) is 1. The summed E-state index contributed by atoms with van der Waals surface area (Å²) in [7, 11) is 0. The van der Waals surface area contributed by atoms with Gasteiger partial charge in [0.05, 0.1) is 12.2 Å². The average Bonchev–Trinajstić information content (AvgIpc) is 3.25. The summed E-state index contributed by atoms with van der Waals surface area (Å²) in [6, 6.07) is 18.9. The topological polar surface area (TPSA) is 99.2 Å². The number of carbonyl (C=O) groups is 3. The molecule has 216 valence electrons. The molecule has 3 aromatic rings. The number of nitrogens with zero attached hydrogens (tertiary/aromatic N) is 2. The standard InChI is InChI=1S/C30H30F3N3O5/c31-30(32,33)25-13-11-23(12-14-25)22-7-9-24(10-8-22)27(38)34-26(19-37)28(39)35-15-4-16-36(18-17-35)29(40)41-20-21-5-2-1-3-6-21/h1-3,5-14,26,37H,4,15-20H2,(H,34,38)/t26-/m0/s1. The van der Waals surface area contributed by atoms with Crippen LogP contribution in [0.5, 0.6) is 0 Å². The monoisotopic (exact) mass is 569 g/mol. The van der Waals surface area contributed by atoms with Crippen molar-refractivity contribution in [3.63, 3.8) is 0 Å². The second kappa shape index (κ2) is 13.3. The van der Waals surface area contributed by atoms with Gasteiger partial charge < -0.3 is 25.0 Å². The van der Waals surface area contributed by atoms with Crippen molar-refractivity contribution in [2.75, 3.05) is 32.8 Å². The van der Waals surface area contributed by atoms with Crippen LogP contribution >= 0.6 is 0 Å². The fraction of sp³-hybridized carbons (Fsp3) is 0.300. The number of ether oxygens (including phenoxy) is 1. The Morgan fingerprint density at radius 3 is 2.02 bits per heavy atom. The van der Waals surface area contributed by atoms with Gasteiger partial charge in [0.25, 0.3) is 5.91 Å². The molecule has 1 heterocycles. The summed E-state index contributed by atoms with van der Waals surface area (Å²) < 4.78 is 43.8. The molecule has 0 aliphatic carbocycles. The molecule has 1 atom stereocenters. The molecule has 41 heavy (non-hydrogen) atoms. The highest BCUT2D eigenvalue weighted by Crippen LogP contribution is 2.31. The molecule has 1 aliphatic heterocycles. The van der Waals surface area contributed by atoms with Crippen molar-refractivity contribution in [1.82, 2.24) is 15.1 Å². The van der Waals surface area contributed by atoms with E-state index in [1.54, 1.807) is 12.1 Å². The minimum atomic E-state index is -4.43. The van der Waals surface area contributed by atoms with Gasteiger partial charge in [0.1, 0.15) is 12.6 Å². The van der Waals surface area contributed by atoms with Crippen LogP contribution in [0, 0.1) is 0 Å². The molecule has 2 N–H and O–H groups in total. The molecule has 0 aromatic heterocycles. The number of aliphatic hydroxyl groups is 1. The highest BCUT2D eigenvalue weighted by molar-refractivity contribution is 5.98. The first kappa shape index (κ1) is 29.6. The number of halogens is 3. The summed E-state index contributed by atoms with van der Waals surface area (Å²) in [5.74, 6) is -1.06. The van der Waals surface area contributed by atoms with Crippen LogP contribution in [0.3, 0.4) is 0 Å². The van der Waals surface area contributed by atoms with Gasteiger partial charge in [0, 0.05) is 31.7 Å². The van der Waals surface area contributed by atoms with Crippen molar-refractivity contribution in [2.45, 2.75) is 25.2 Å². The molecule has 1 fully saturated rings. The van der Waals surface area contributed by atoms with Crippen molar-refractivity contribution in [2.24, 2.45) is 0 Å². The van der Waals surface area contributed by atoms with Gasteiger partial charge in [-0.1, -0.05) is 54.6 Å². The Morgan fingerprint density at radius 1 is 0.829 bits per heavy atom. The molecule has 0 bridgehead atoms. The van der Waals surface area contributed by atoms with E-state index in [0.717, 1.165) is 17.7 Å². The predicted octanol–water partition coefficient (Wildman–Crippen LogP) is 4.33. The summed E-state index contributed by atoms with van der Waals surface area (Å²) in [6.07, 6.45) is -4.40. The van der Waals surface area contributed by atoms with Crippen LogP contribution in [0.1, 0.15) is 27.9 Å². The smallest absolute Gasteiger partial charge is 0.416 e. The minimum Gasteiger partial charge on any atom is -0.445 e. The largest absolute Gasteiger partial charge is 0.445 e. The number of aliphatic hydroxyl groups excluding tert-OH is 1. The van der Waals surface area contributed by atoms with Crippen LogP contribution in [-0.4, -0.2) is 71.6 Å². The summed E-state index contributed by atoms with van der Waals surface area (Å²) >= 11 is 0. The normalized spacial score (nSPS) is 14.6. The lowest BCUT2D eigenvalue weighted by atomic mass is 10.0. The zero-order chi connectivity index (χ0) is 29.4. The molecule has 11 heteroatoms. The van der Waals surface area contributed by atoms with E-state index in [4.69, 9.17) is 4.74 Å². The zero-order valence-corrected chi connectivity index (χ0v) is 22.1. The molecule has 3 aromatic carbocycles. The van der Waals surface area contributed by atoms with Crippen LogP contribution in [0.4, 0.5) is 18.0 Å². The number of benzene rings is 3. The number of carbonyl (C=O) groups excluding carboxylic acids is 3. The van der Waals surface area contributed by atoms with Gasteiger partial charge in [-0.05, 0) is 47.4 Å². The molecular formula is C30H30F3N3O5. The first-order chi connectivity index (χ1) is 19.7. The summed E-state index contributed by atoms with van der Waals surface area (Å²) in [4.78, 5) is 41.5. The van der Waals surface area contributed by atoms with Crippen LogP contribution in [0.15, 0.2) is 78.9 Å². The summed E-state index contributed by atoms with van der Waals surface area (Å²) in [5, 5.41) is 12.4. The second-order valence-electron chi connectivity index (χ2n) is 9.57. The van der Waals surface area contributed by atoms with Gasteiger partial charge in [-0.15, -0.1) is 0 Å². The van der Waals surface area contributed by atoms with Gasteiger partial charge in [-0.2, -0.15) is 13.2 Å². The van der Waals surface area contributed by atoms with E-state index >= 15 is 0 Å². The Kier molecular flexibility index (Phi) is 9.61. The van der Waals surface area contributed by atoms with Crippen LogP contribution < -0.4 is 5.32 Å². The predicted molar refractivity (Wildman–Crippen MR) is 145 cm³/mol. The van der Waals surface area contributed by atoms with Gasteiger partial charge in [0.2, 0.25) is 5.91 Å². The number of alkyl halides is 3. The first-order valence-corrected chi connectivity index (χ1v) is 13.1. The van der Waals surface area contributed by atoms with E-state index in [1.807, 2.05) is 30.3 Å². The Morgan fingerprint density at radius 2 is 1.41 bits per heavy atom. The lowest BCUT2D eigenvalue weighted by molar-refractivity contribution is -0.137. The van der Waals surface area contributed by atoms with E-state index in [-0.39, 0.29) is 25.3 Å². The van der Waals surface area contributed by atoms with Crippen molar-refractivity contribution in [3.8, 4) is 11.1 Å². The summed E-state index contributed by atoms with van der Waals surface area (Å²) in [6.45, 7) is 0.731. The van der Waals surface area contributed by atoms with Crippen LogP contribution in [0.2, 0.25) is 0 Å². The number of rotatable bonds is 7. The molecule has 1 aliphatic rings. The van der Waals surface area contributed by atoms with Crippen molar-refractivity contribution in [1.29, 1.82) is 0 Å². The molecule has 4 rings (SSSR count). The molecule has 0 saturated carbocycles. The SMILES string of the molecule is O=C(N[C@@H](CO)C(=O)N1CCCN(C(=O)OCc2ccccc2)CC1)c1ccc(-c2ccc(C(F)(F)F)cc2)cc1. The summed E-state index contributed by atoms with van der Waals surface area (Å²) in [5.41, 5.74) is 1.49. The number of hydrogen-bond acceptors (Lipinski definition) is 5. The van der Waals surface area contributed by atoms with Gasteiger partial charge in [-0.3, -0.25) is 9.59 Å². The lowest BCUT2D eigenvalue weighted by Gasteiger charge is -2.26. The maximum atomic E-state index is 13.1. The molecule has 0 radical (unpaired) electrons. The zero-order valence-electron chi connectivity index (χ0n) is 22.1. The third kappa shape index (κ3) is 7.85. The maximum Gasteiger partial charge on any atom is 0.416 e. The van der Waals surface area contributed by atoms with E-state index in [2.05, 4.69) is 5.32 Å². The lowest BCUT2D eigenvalue weighted by Crippen LogP contribution is -2.51. The van der Waals surface area contributed by atoms with Crippen LogP contribution in [-0.2, 0) is 22.3 Å². The molecule has 0 spiro atoms. The molecule has 0 unspecified atom stereocenters. The van der Waals surface area contributed by atoms with E-state index < -0.39 is 42.3 Å². The van der Waals surface area contributed by atoms with Crippen molar-refractivity contribution < 1.29 is 37.4 Å². The molecule has 1 saturated heterocycles. The molecule has 3 amide bonds. The van der Waals surface area contributed by atoms with Crippen molar-refractivity contribution in [3.05, 3.63) is 95.6 Å². The fourth-order valence-electron chi connectivity index (χ4n) is 4.44. The highest BCUT2D eigenvalue weighted by atomic mass is 19.4. The third-order valence-electron chi connectivity index (χ3n) is 6.75. The molecule has 8 nitrogen and oxygen atoms in total. The average molecular weight is 570 g/mol. The van der Waals surface area contributed by atoms with Crippen molar-refractivity contribution >= 4 is 17.9 Å². The second-order valence-corrected chi connectivity index (χ2v) is 9.57. The van der Waals surface area contributed by atoms with E-state index in [9.17, 15) is 32.7 Å². The Hall–Kier alpha value is -4.38. The quantitative estimate of drug-likeness (QED) is 0.441. The number of amides is 3. The first-order valence-electron chi connectivity index (χ1n) is 13.1. The van der Waals surface area contributed by atoms with E-state index in [1.165, 1.54) is 34.1 Å². The maximum absolute atomic E-state index is 13.1. The highest BCUT2D eigenvalue weighted by Gasteiger charge is 2.30. The minimum absolute atomic E-state index is 0.142. The Labute approximate surface area is 235 Å². The van der Waals surface area contributed by atoms with Crippen LogP contribution in [0.25, 0.3) is 11.1 Å². The van der Waals surface area contributed by atoms with E-state index in [0.29, 0.717) is 30.6 Å². The fourth-order valence-corrected chi connectivity index (χ4v) is 4.44.